The number of hydrogen-bond acceptors (Lipinski definition) is 5. The number of halogens is 3. The summed E-state index contributed by atoms with van der Waals surface area (Å²) in [6.45, 7) is 1.71. The van der Waals surface area contributed by atoms with E-state index in [-0.39, 0.29) is 29.5 Å². The van der Waals surface area contributed by atoms with Crippen LogP contribution in [-0.4, -0.2) is 29.7 Å². The lowest BCUT2D eigenvalue weighted by molar-refractivity contribution is -0.120. The minimum atomic E-state index is -0.921. The highest BCUT2D eigenvalue weighted by Gasteiger charge is 2.41. The van der Waals surface area contributed by atoms with E-state index in [4.69, 9.17) is 21.2 Å². The highest BCUT2D eigenvalue weighted by atomic mass is 35.5. The van der Waals surface area contributed by atoms with Crippen molar-refractivity contribution < 1.29 is 27.9 Å². The minimum absolute atomic E-state index is 0.0186. The molecule has 34 heavy (non-hydrogen) atoms. The molecule has 2 heterocycles. The molecule has 0 aromatic heterocycles. The summed E-state index contributed by atoms with van der Waals surface area (Å²) in [6, 6.07) is 8.53. The van der Waals surface area contributed by atoms with Gasteiger partial charge in [-0.1, -0.05) is 35.0 Å². The molecule has 0 fully saturated rings. The summed E-state index contributed by atoms with van der Waals surface area (Å²) in [7, 11) is 0. The summed E-state index contributed by atoms with van der Waals surface area (Å²) < 4.78 is 34.8. The standard InChI is InChI=1S/C25H21ClF2N2O4/c1-25(12-20(29-34-25)16-8-4-5-9-18(16)27)13-33-22-11-21(19(28)10-17(22)26)30-23(31)14-6-2-3-7-15(14)24(30)32/h4-5,8-11H,2-3,6-7,12-13H2,1H3. The van der Waals surface area contributed by atoms with Crippen molar-refractivity contribution in [3.05, 3.63) is 69.8 Å². The fourth-order valence-electron chi connectivity index (χ4n) is 4.49. The zero-order valence-corrected chi connectivity index (χ0v) is 19.1. The number of ether oxygens (including phenoxy) is 1. The first-order valence-electron chi connectivity index (χ1n) is 11.0. The van der Waals surface area contributed by atoms with Crippen molar-refractivity contribution in [3.63, 3.8) is 0 Å². The highest BCUT2D eigenvalue weighted by Crippen LogP contribution is 2.40. The Morgan fingerprint density at radius 1 is 1.09 bits per heavy atom. The normalized spacial score (nSPS) is 22.1. The number of anilines is 1. The van der Waals surface area contributed by atoms with Gasteiger partial charge in [0, 0.05) is 29.2 Å². The first kappa shape index (κ1) is 22.5. The molecule has 1 aliphatic carbocycles. The van der Waals surface area contributed by atoms with Crippen LogP contribution in [0.25, 0.3) is 0 Å². The summed E-state index contributed by atoms with van der Waals surface area (Å²) in [6.07, 6.45) is 2.93. The highest BCUT2D eigenvalue weighted by molar-refractivity contribution is 6.34. The third-order valence-electron chi connectivity index (χ3n) is 6.27. The largest absolute Gasteiger partial charge is 0.488 e. The van der Waals surface area contributed by atoms with Crippen LogP contribution in [0.1, 0.15) is 44.6 Å². The number of nitrogens with zero attached hydrogens (tertiary/aromatic N) is 2. The molecule has 6 nitrogen and oxygen atoms in total. The Labute approximate surface area is 199 Å². The molecule has 0 spiro atoms. The van der Waals surface area contributed by atoms with Crippen LogP contribution in [0.4, 0.5) is 14.5 Å². The van der Waals surface area contributed by atoms with Crippen LogP contribution in [-0.2, 0) is 14.4 Å². The quantitative estimate of drug-likeness (QED) is 0.536. The molecule has 2 aromatic carbocycles. The van der Waals surface area contributed by atoms with E-state index in [1.165, 1.54) is 12.1 Å². The average molecular weight is 487 g/mol. The van der Waals surface area contributed by atoms with Crippen LogP contribution >= 0.6 is 11.6 Å². The van der Waals surface area contributed by atoms with Gasteiger partial charge in [0.15, 0.2) is 5.60 Å². The third-order valence-corrected chi connectivity index (χ3v) is 6.56. The second kappa shape index (κ2) is 8.51. The van der Waals surface area contributed by atoms with E-state index < -0.39 is 29.0 Å². The van der Waals surface area contributed by atoms with Gasteiger partial charge in [0.05, 0.1) is 16.4 Å². The van der Waals surface area contributed by atoms with E-state index >= 15 is 0 Å². The number of amides is 2. The predicted molar refractivity (Wildman–Crippen MR) is 122 cm³/mol. The Kier molecular flexibility index (Phi) is 5.64. The first-order valence-corrected chi connectivity index (χ1v) is 11.4. The van der Waals surface area contributed by atoms with Gasteiger partial charge in [0.1, 0.15) is 24.0 Å². The fraction of sp³-hybridized carbons (Fsp3) is 0.320. The molecule has 3 aliphatic rings. The van der Waals surface area contributed by atoms with E-state index in [0.717, 1.165) is 23.8 Å². The maximum atomic E-state index is 14.8. The maximum Gasteiger partial charge on any atom is 0.261 e. The summed E-state index contributed by atoms with van der Waals surface area (Å²) >= 11 is 6.20. The topological polar surface area (TPSA) is 68.2 Å². The third kappa shape index (κ3) is 3.86. The van der Waals surface area contributed by atoms with Crippen molar-refractivity contribution in [2.75, 3.05) is 11.5 Å². The average Bonchev–Trinajstić information content (AvgIpc) is 3.32. The summed E-state index contributed by atoms with van der Waals surface area (Å²) in [5, 5.41) is 3.99. The number of rotatable bonds is 5. The van der Waals surface area contributed by atoms with Gasteiger partial charge in [-0.2, -0.15) is 0 Å². The van der Waals surface area contributed by atoms with Gasteiger partial charge in [-0.25, -0.2) is 13.7 Å². The second-order valence-electron chi connectivity index (χ2n) is 8.87. The molecule has 9 heteroatoms. The van der Waals surface area contributed by atoms with Gasteiger partial charge in [-0.05, 0) is 44.7 Å². The Bertz CT molecular complexity index is 1250. The Balaban J connectivity index is 1.34. The number of imide groups is 1. The van der Waals surface area contributed by atoms with Crippen LogP contribution in [0.3, 0.4) is 0 Å². The molecule has 176 valence electrons. The maximum absolute atomic E-state index is 14.8. The van der Waals surface area contributed by atoms with Crippen molar-refractivity contribution in [2.24, 2.45) is 5.16 Å². The summed E-state index contributed by atoms with van der Waals surface area (Å²) in [5.74, 6) is -2.11. The molecular formula is C25H21ClF2N2O4. The summed E-state index contributed by atoms with van der Waals surface area (Å²) in [5.41, 5.74) is 0.575. The summed E-state index contributed by atoms with van der Waals surface area (Å²) in [4.78, 5) is 32.1. The predicted octanol–water partition coefficient (Wildman–Crippen LogP) is 5.32. The molecule has 2 aliphatic heterocycles. The van der Waals surface area contributed by atoms with Crippen molar-refractivity contribution in [2.45, 2.75) is 44.6 Å². The number of hydrogen-bond donors (Lipinski definition) is 0. The monoisotopic (exact) mass is 486 g/mol. The smallest absolute Gasteiger partial charge is 0.261 e. The lowest BCUT2D eigenvalue weighted by Crippen LogP contribution is -2.33. The Morgan fingerprint density at radius 2 is 1.76 bits per heavy atom. The lowest BCUT2D eigenvalue weighted by Gasteiger charge is -2.23. The second-order valence-corrected chi connectivity index (χ2v) is 9.28. The van der Waals surface area contributed by atoms with Gasteiger partial charge < -0.3 is 9.57 Å². The van der Waals surface area contributed by atoms with Crippen molar-refractivity contribution >= 4 is 34.8 Å². The molecule has 2 amide bonds. The van der Waals surface area contributed by atoms with E-state index in [9.17, 15) is 18.4 Å². The van der Waals surface area contributed by atoms with Crippen molar-refractivity contribution in [3.8, 4) is 5.75 Å². The molecule has 0 saturated carbocycles. The molecule has 5 rings (SSSR count). The van der Waals surface area contributed by atoms with Gasteiger partial charge in [0.25, 0.3) is 11.8 Å². The van der Waals surface area contributed by atoms with Gasteiger partial charge >= 0.3 is 0 Å². The van der Waals surface area contributed by atoms with Gasteiger partial charge in [0.2, 0.25) is 0 Å². The zero-order chi connectivity index (χ0) is 24.0. The van der Waals surface area contributed by atoms with E-state index in [1.807, 2.05) is 0 Å². The van der Waals surface area contributed by atoms with E-state index in [0.29, 0.717) is 35.3 Å². The molecular weight excluding hydrogens is 466 g/mol. The molecule has 0 radical (unpaired) electrons. The molecule has 2 aromatic rings. The van der Waals surface area contributed by atoms with Crippen LogP contribution in [0, 0.1) is 11.6 Å². The first-order chi connectivity index (χ1) is 16.3. The Hall–Kier alpha value is -3.26. The molecule has 0 saturated heterocycles. The van der Waals surface area contributed by atoms with Crippen molar-refractivity contribution in [1.29, 1.82) is 0 Å². The number of oxime groups is 1. The fourth-order valence-corrected chi connectivity index (χ4v) is 4.70. The van der Waals surface area contributed by atoms with Crippen LogP contribution in [0.5, 0.6) is 5.75 Å². The Morgan fingerprint density at radius 3 is 2.44 bits per heavy atom. The molecule has 0 bridgehead atoms. The molecule has 0 N–H and O–H groups in total. The molecule has 1 unspecified atom stereocenters. The van der Waals surface area contributed by atoms with Crippen LogP contribution in [0.15, 0.2) is 52.7 Å². The number of benzene rings is 2. The number of carbonyl (C=O) groups excluding carboxylic acids is 2. The van der Waals surface area contributed by atoms with Crippen molar-refractivity contribution in [1.82, 2.24) is 0 Å². The van der Waals surface area contributed by atoms with Gasteiger partial charge in [-0.3, -0.25) is 9.59 Å². The minimum Gasteiger partial charge on any atom is -0.488 e. The number of carbonyl (C=O) groups is 2. The zero-order valence-electron chi connectivity index (χ0n) is 18.4. The van der Waals surface area contributed by atoms with Crippen LogP contribution in [0.2, 0.25) is 5.02 Å². The van der Waals surface area contributed by atoms with Crippen LogP contribution < -0.4 is 9.64 Å². The van der Waals surface area contributed by atoms with E-state index in [2.05, 4.69) is 5.16 Å². The van der Waals surface area contributed by atoms with E-state index in [1.54, 1.807) is 25.1 Å². The SMILES string of the molecule is CC1(COc2cc(N3C(=O)C4=C(CCCC4)C3=O)c(F)cc2Cl)CC(c2ccccc2F)=NO1. The molecule has 1 atom stereocenters. The lowest BCUT2D eigenvalue weighted by atomic mass is 9.93. The van der Waals surface area contributed by atoms with Gasteiger partial charge in [-0.15, -0.1) is 0 Å².